The van der Waals surface area contributed by atoms with Crippen LogP contribution in [-0.4, -0.2) is 59.5 Å². The van der Waals surface area contributed by atoms with Crippen molar-refractivity contribution in [3.05, 3.63) is 0 Å². The molecule has 0 bridgehead atoms. The normalized spacial score (nSPS) is 35.7. The number of carbonyl (C=O) groups is 2. The highest BCUT2D eigenvalue weighted by molar-refractivity contribution is 5.93. The van der Waals surface area contributed by atoms with Gasteiger partial charge < -0.3 is 14.9 Å². The molecule has 0 spiro atoms. The number of piperidine rings is 2. The summed E-state index contributed by atoms with van der Waals surface area (Å²) in [4.78, 5) is 27.1. The summed E-state index contributed by atoms with van der Waals surface area (Å²) in [5.41, 5.74) is 0. The SMILES string of the molecule is O=C(O)C1C2CN(CCN3CCCCC3)C(=O)C21. The molecular formula is C13H20N2O3. The minimum Gasteiger partial charge on any atom is -0.481 e. The standard InChI is InChI=1S/C13H20N2O3/c16-12-10-9(11(10)13(17)18)8-15(12)7-6-14-4-2-1-3-5-14/h9-11H,1-8H2,(H,17,18). The molecule has 3 rings (SSSR count). The first-order chi connectivity index (χ1) is 8.68. The van der Waals surface area contributed by atoms with E-state index in [1.807, 2.05) is 4.90 Å². The van der Waals surface area contributed by atoms with Gasteiger partial charge in [-0.3, -0.25) is 9.59 Å². The van der Waals surface area contributed by atoms with E-state index in [4.69, 9.17) is 5.11 Å². The summed E-state index contributed by atoms with van der Waals surface area (Å²) in [5, 5.41) is 8.92. The Kier molecular flexibility index (Phi) is 3.01. The van der Waals surface area contributed by atoms with Gasteiger partial charge in [0.1, 0.15) is 0 Å². The molecule has 0 aromatic rings. The first-order valence-electron chi connectivity index (χ1n) is 6.92. The summed E-state index contributed by atoms with van der Waals surface area (Å²) >= 11 is 0. The van der Waals surface area contributed by atoms with Crippen molar-refractivity contribution in [3.63, 3.8) is 0 Å². The van der Waals surface area contributed by atoms with Gasteiger partial charge in [0.15, 0.2) is 0 Å². The molecule has 2 aliphatic heterocycles. The smallest absolute Gasteiger partial charge is 0.307 e. The number of carbonyl (C=O) groups excluding carboxylic acids is 1. The number of carboxylic acid groups (broad SMARTS) is 1. The molecule has 3 fully saturated rings. The second-order valence-corrected chi connectivity index (χ2v) is 5.74. The fourth-order valence-electron chi connectivity index (χ4n) is 3.48. The summed E-state index contributed by atoms with van der Waals surface area (Å²) in [7, 11) is 0. The fourth-order valence-corrected chi connectivity index (χ4v) is 3.48. The highest BCUT2D eigenvalue weighted by Crippen LogP contribution is 2.52. The monoisotopic (exact) mass is 252 g/mol. The van der Waals surface area contributed by atoms with Crippen LogP contribution in [0.5, 0.6) is 0 Å². The van der Waals surface area contributed by atoms with Crippen LogP contribution in [0.4, 0.5) is 0 Å². The number of likely N-dealkylation sites (tertiary alicyclic amines) is 2. The number of amides is 1. The highest BCUT2D eigenvalue weighted by Gasteiger charge is 2.64. The molecule has 0 radical (unpaired) electrons. The maximum atomic E-state index is 12.0. The van der Waals surface area contributed by atoms with Crippen LogP contribution >= 0.6 is 0 Å². The number of carboxylic acids is 1. The number of hydrogen-bond acceptors (Lipinski definition) is 3. The second-order valence-electron chi connectivity index (χ2n) is 5.74. The Morgan fingerprint density at radius 1 is 1.22 bits per heavy atom. The van der Waals surface area contributed by atoms with Crippen LogP contribution < -0.4 is 0 Å². The topological polar surface area (TPSA) is 60.9 Å². The quantitative estimate of drug-likeness (QED) is 0.779. The Labute approximate surface area is 107 Å². The summed E-state index contributed by atoms with van der Waals surface area (Å²) in [6.45, 7) is 4.68. The molecule has 3 unspecified atom stereocenters. The van der Waals surface area contributed by atoms with Crippen molar-refractivity contribution in [2.45, 2.75) is 19.3 Å². The van der Waals surface area contributed by atoms with Gasteiger partial charge in [-0.05, 0) is 25.9 Å². The summed E-state index contributed by atoms with van der Waals surface area (Å²) in [6, 6.07) is 0. The van der Waals surface area contributed by atoms with Crippen LogP contribution in [0.15, 0.2) is 0 Å². The molecule has 18 heavy (non-hydrogen) atoms. The maximum absolute atomic E-state index is 12.0. The fraction of sp³-hybridized carbons (Fsp3) is 0.846. The predicted molar refractivity (Wildman–Crippen MR) is 65.0 cm³/mol. The lowest BCUT2D eigenvalue weighted by Crippen LogP contribution is -2.40. The lowest BCUT2D eigenvalue weighted by atomic mass is 10.1. The first-order valence-corrected chi connectivity index (χ1v) is 6.92. The van der Waals surface area contributed by atoms with Gasteiger partial charge in [-0.2, -0.15) is 0 Å². The molecule has 3 aliphatic rings. The summed E-state index contributed by atoms with van der Waals surface area (Å²) in [5.74, 6) is -1.22. The van der Waals surface area contributed by atoms with Crippen LogP contribution in [0, 0.1) is 17.8 Å². The zero-order chi connectivity index (χ0) is 12.7. The molecule has 1 aliphatic carbocycles. The van der Waals surface area contributed by atoms with Crippen LogP contribution in [-0.2, 0) is 9.59 Å². The van der Waals surface area contributed by atoms with E-state index in [-0.39, 0.29) is 23.7 Å². The van der Waals surface area contributed by atoms with E-state index in [0.29, 0.717) is 6.54 Å². The first kappa shape index (κ1) is 12.0. The van der Waals surface area contributed by atoms with Crippen molar-refractivity contribution in [1.82, 2.24) is 9.80 Å². The number of nitrogens with zero attached hydrogens (tertiary/aromatic N) is 2. The lowest BCUT2D eigenvalue weighted by molar-refractivity contribution is -0.142. The van der Waals surface area contributed by atoms with E-state index in [1.54, 1.807) is 0 Å². The number of fused-ring (bicyclic) bond motifs is 1. The molecule has 0 aromatic heterocycles. The van der Waals surface area contributed by atoms with Crippen LogP contribution in [0.2, 0.25) is 0 Å². The Hall–Kier alpha value is -1.10. The molecule has 5 heteroatoms. The van der Waals surface area contributed by atoms with Crippen molar-refractivity contribution in [1.29, 1.82) is 0 Å². The largest absolute Gasteiger partial charge is 0.481 e. The zero-order valence-corrected chi connectivity index (χ0v) is 10.5. The highest BCUT2D eigenvalue weighted by atomic mass is 16.4. The van der Waals surface area contributed by atoms with Gasteiger partial charge in [-0.25, -0.2) is 0 Å². The Morgan fingerprint density at radius 2 is 1.94 bits per heavy atom. The minimum absolute atomic E-state index is 0.0735. The van der Waals surface area contributed by atoms with E-state index in [2.05, 4.69) is 4.90 Å². The van der Waals surface area contributed by atoms with E-state index in [0.717, 1.165) is 26.2 Å². The predicted octanol–water partition coefficient (Wildman–Crippen LogP) is 0.261. The zero-order valence-electron chi connectivity index (χ0n) is 10.5. The molecule has 2 saturated heterocycles. The second kappa shape index (κ2) is 4.53. The van der Waals surface area contributed by atoms with Gasteiger partial charge >= 0.3 is 5.97 Å². The van der Waals surface area contributed by atoms with Crippen molar-refractivity contribution < 1.29 is 14.7 Å². The Bertz CT molecular complexity index is 365. The van der Waals surface area contributed by atoms with Crippen molar-refractivity contribution >= 4 is 11.9 Å². The third kappa shape index (κ3) is 2.00. The van der Waals surface area contributed by atoms with Crippen LogP contribution in [0.3, 0.4) is 0 Å². The average Bonchev–Trinajstić information content (AvgIpc) is 3.01. The molecule has 2 heterocycles. The molecule has 0 aromatic carbocycles. The lowest BCUT2D eigenvalue weighted by Gasteiger charge is -2.29. The van der Waals surface area contributed by atoms with Crippen LogP contribution in [0.25, 0.3) is 0 Å². The average molecular weight is 252 g/mol. The number of hydrogen-bond donors (Lipinski definition) is 1. The van der Waals surface area contributed by atoms with Gasteiger partial charge in [-0.15, -0.1) is 0 Å². The van der Waals surface area contributed by atoms with Gasteiger partial charge in [0.2, 0.25) is 5.91 Å². The molecular weight excluding hydrogens is 232 g/mol. The summed E-state index contributed by atoms with van der Waals surface area (Å²) in [6.07, 6.45) is 3.85. The minimum atomic E-state index is -0.797. The van der Waals surface area contributed by atoms with Gasteiger partial charge in [-0.1, -0.05) is 6.42 Å². The van der Waals surface area contributed by atoms with Gasteiger partial charge in [0.05, 0.1) is 11.8 Å². The number of aliphatic carboxylic acids is 1. The van der Waals surface area contributed by atoms with E-state index < -0.39 is 5.97 Å². The third-order valence-electron chi connectivity index (χ3n) is 4.62. The van der Waals surface area contributed by atoms with Crippen LogP contribution in [0.1, 0.15) is 19.3 Å². The maximum Gasteiger partial charge on any atom is 0.307 e. The third-order valence-corrected chi connectivity index (χ3v) is 4.62. The van der Waals surface area contributed by atoms with Crippen molar-refractivity contribution in [3.8, 4) is 0 Å². The van der Waals surface area contributed by atoms with E-state index in [1.165, 1.54) is 19.3 Å². The molecule has 1 saturated carbocycles. The van der Waals surface area contributed by atoms with Crippen molar-refractivity contribution in [2.75, 3.05) is 32.7 Å². The molecule has 1 amide bonds. The molecule has 5 nitrogen and oxygen atoms in total. The van der Waals surface area contributed by atoms with Gasteiger partial charge in [0.25, 0.3) is 0 Å². The number of rotatable bonds is 4. The Morgan fingerprint density at radius 3 is 2.50 bits per heavy atom. The molecule has 1 N–H and O–H groups in total. The van der Waals surface area contributed by atoms with E-state index in [9.17, 15) is 9.59 Å². The van der Waals surface area contributed by atoms with Gasteiger partial charge in [0, 0.05) is 25.6 Å². The molecule has 3 atom stereocenters. The summed E-state index contributed by atoms with van der Waals surface area (Å²) < 4.78 is 0. The van der Waals surface area contributed by atoms with E-state index >= 15 is 0 Å². The Balaban J connectivity index is 1.46. The van der Waals surface area contributed by atoms with Crippen molar-refractivity contribution in [2.24, 2.45) is 17.8 Å². The molecule has 100 valence electrons.